The average molecular weight is 355 g/mol. The first kappa shape index (κ1) is 17.5. The Hall–Kier alpha value is -2.31. The van der Waals surface area contributed by atoms with Crippen LogP contribution in [0.1, 0.15) is 11.1 Å². The quantitative estimate of drug-likeness (QED) is 0.807. The van der Waals surface area contributed by atoms with E-state index in [9.17, 15) is 9.59 Å². The van der Waals surface area contributed by atoms with E-state index in [2.05, 4.69) is 5.32 Å². The Labute approximate surface area is 151 Å². The zero-order valence-corrected chi connectivity index (χ0v) is 14.9. The minimum atomic E-state index is -0.459. The van der Waals surface area contributed by atoms with Crippen LogP contribution < -0.4 is 11.1 Å². The highest BCUT2D eigenvalue weighted by molar-refractivity contribution is 7.98. The monoisotopic (exact) mass is 355 g/mol. The molecule has 0 spiro atoms. The average Bonchev–Trinajstić information content (AvgIpc) is 2.61. The number of benzene rings is 2. The van der Waals surface area contributed by atoms with Gasteiger partial charge >= 0.3 is 0 Å². The number of primary amides is 1. The van der Waals surface area contributed by atoms with Gasteiger partial charge in [-0.1, -0.05) is 24.3 Å². The van der Waals surface area contributed by atoms with Gasteiger partial charge in [-0.2, -0.15) is 0 Å². The fourth-order valence-electron chi connectivity index (χ4n) is 3.08. The second-order valence-corrected chi connectivity index (χ2v) is 6.95. The van der Waals surface area contributed by atoms with Crippen LogP contribution in [0.4, 0.5) is 5.69 Å². The summed E-state index contributed by atoms with van der Waals surface area (Å²) < 4.78 is 0. The summed E-state index contributed by atoms with van der Waals surface area (Å²) in [6.45, 7) is 0.675. The van der Waals surface area contributed by atoms with Crippen molar-refractivity contribution in [2.75, 3.05) is 18.1 Å². The molecule has 0 radical (unpaired) electrons. The van der Waals surface area contributed by atoms with Gasteiger partial charge < -0.3 is 11.1 Å². The van der Waals surface area contributed by atoms with Gasteiger partial charge in [-0.3, -0.25) is 14.5 Å². The summed E-state index contributed by atoms with van der Waals surface area (Å²) in [6, 6.07) is 15.2. The van der Waals surface area contributed by atoms with Crippen LogP contribution in [0.3, 0.4) is 0 Å². The molecule has 6 heteroatoms. The van der Waals surface area contributed by atoms with Crippen LogP contribution in [0.25, 0.3) is 0 Å². The Bertz CT molecular complexity index is 776. The third-order valence-electron chi connectivity index (χ3n) is 4.39. The van der Waals surface area contributed by atoms with E-state index in [-0.39, 0.29) is 12.5 Å². The van der Waals surface area contributed by atoms with Gasteiger partial charge in [0, 0.05) is 17.1 Å². The second-order valence-electron chi connectivity index (χ2n) is 6.07. The molecule has 3 N–H and O–H groups in total. The number of hydrogen-bond acceptors (Lipinski definition) is 4. The lowest BCUT2D eigenvalue weighted by atomic mass is 9.93. The third kappa shape index (κ3) is 4.21. The van der Waals surface area contributed by atoms with Crippen LogP contribution in [0, 0.1) is 0 Å². The highest BCUT2D eigenvalue weighted by Crippen LogP contribution is 2.23. The van der Waals surface area contributed by atoms with Gasteiger partial charge in [-0.25, -0.2) is 0 Å². The third-order valence-corrected chi connectivity index (χ3v) is 5.14. The van der Waals surface area contributed by atoms with Crippen molar-refractivity contribution in [3.63, 3.8) is 0 Å². The summed E-state index contributed by atoms with van der Waals surface area (Å²) in [5.41, 5.74) is 8.56. The molecule has 130 valence electrons. The molecule has 1 aliphatic heterocycles. The smallest absolute Gasteiger partial charge is 0.238 e. The zero-order valence-electron chi connectivity index (χ0n) is 14.1. The molecule has 1 atom stereocenters. The lowest BCUT2D eigenvalue weighted by molar-refractivity contribution is -0.125. The van der Waals surface area contributed by atoms with Crippen molar-refractivity contribution < 1.29 is 9.59 Å². The summed E-state index contributed by atoms with van der Waals surface area (Å²) in [7, 11) is 0. The van der Waals surface area contributed by atoms with Gasteiger partial charge in [0.25, 0.3) is 0 Å². The van der Waals surface area contributed by atoms with E-state index in [1.54, 1.807) is 11.8 Å². The maximum Gasteiger partial charge on any atom is 0.238 e. The van der Waals surface area contributed by atoms with Gasteiger partial charge in [-0.05, 0) is 48.1 Å². The van der Waals surface area contributed by atoms with E-state index in [1.165, 1.54) is 0 Å². The maximum atomic E-state index is 12.4. The van der Waals surface area contributed by atoms with E-state index in [1.807, 2.05) is 59.7 Å². The first-order chi connectivity index (χ1) is 12.1. The van der Waals surface area contributed by atoms with E-state index >= 15 is 0 Å². The Kier molecular flexibility index (Phi) is 5.40. The van der Waals surface area contributed by atoms with E-state index in [4.69, 9.17) is 5.73 Å². The van der Waals surface area contributed by atoms with E-state index in [0.29, 0.717) is 13.0 Å². The summed E-state index contributed by atoms with van der Waals surface area (Å²) >= 11 is 1.65. The van der Waals surface area contributed by atoms with Crippen LogP contribution in [0.2, 0.25) is 0 Å². The molecule has 0 aromatic heterocycles. The Morgan fingerprint density at radius 1 is 1.16 bits per heavy atom. The van der Waals surface area contributed by atoms with Crippen LogP contribution in [0.15, 0.2) is 53.4 Å². The first-order valence-electron chi connectivity index (χ1n) is 8.11. The Morgan fingerprint density at radius 3 is 2.48 bits per heavy atom. The second kappa shape index (κ2) is 7.72. The van der Waals surface area contributed by atoms with Gasteiger partial charge in [0.05, 0.1) is 12.6 Å². The summed E-state index contributed by atoms with van der Waals surface area (Å²) in [6.07, 6.45) is 2.55. The molecule has 25 heavy (non-hydrogen) atoms. The van der Waals surface area contributed by atoms with Gasteiger partial charge in [0.1, 0.15) is 0 Å². The van der Waals surface area contributed by atoms with Crippen molar-refractivity contribution in [3.8, 4) is 0 Å². The van der Waals surface area contributed by atoms with Crippen LogP contribution in [0.5, 0.6) is 0 Å². The number of rotatable bonds is 5. The van der Waals surface area contributed by atoms with Crippen LogP contribution in [-0.4, -0.2) is 35.6 Å². The number of carbonyl (C=O) groups excluding carboxylic acids is 2. The summed E-state index contributed by atoms with van der Waals surface area (Å²) in [5.74, 6) is -0.547. The van der Waals surface area contributed by atoms with Gasteiger partial charge in [-0.15, -0.1) is 11.8 Å². The van der Waals surface area contributed by atoms with Gasteiger partial charge in [0.15, 0.2) is 0 Å². The van der Waals surface area contributed by atoms with E-state index < -0.39 is 11.9 Å². The fourth-order valence-corrected chi connectivity index (χ4v) is 3.49. The minimum Gasteiger partial charge on any atom is -0.368 e. The molecular weight excluding hydrogens is 334 g/mol. The number of amides is 2. The number of anilines is 1. The standard InChI is InChI=1S/C19H21N3O2S/c1-25-16-8-6-15(7-9-16)21-18(23)12-22-11-14-5-3-2-4-13(14)10-17(22)19(20)24/h2-9,17H,10-12H2,1H3,(H2,20,24)(H,21,23)/t17-/m0/s1. The number of thioether (sulfide) groups is 1. The number of carbonyl (C=O) groups is 2. The van der Waals surface area contributed by atoms with Crippen molar-refractivity contribution >= 4 is 29.3 Å². The summed E-state index contributed by atoms with van der Waals surface area (Å²) in [5, 5.41) is 2.88. The summed E-state index contributed by atoms with van der Waals surface area (Å²) in [4.78, 5) is 27.2. The van der Waals surface area contributed by atoms with Crippen molar-refractivity contribution in [2.24, 2.45) is 5.73 Å². The molecule has 2 aromatic rings. The van der Waals surface area contributed by atoms with Crippen LogP contribution >= 0.6 is 11.8 Å². The highest BCUT2D eigenvalue weighted by Gasteiger charge is 2.31. The largest absolute Gasteiger partial charge is 0.368 e. The lowest BCUT2D eigenvalue weighted by Gasteiger charge is -2.34. The van der Waals surface area contributed by atoms with Crippen molar-refractivity contribution in [1.29, 1.82) is 0 Å². The molecule has 2 amide bonds. The Balaban J connectivity index is 1.69. The molecule has 0 saturated carbocycles. The normalized spacial score (nSPS) is 16.9. The van der Waals surface area contributed by atoms with Crippen molar-refractivity contribution in [3.05, 3.63) is 59.7 Å². The molecule has 1 heterocycles. The molecule has 0 saturated heterocycles. The minimum absolute atomic E-state index is 0.131. The van der Waals surface area contributed by atoms with Gasteiger partial charge in [0.2, 0.25) is 11.8 Å². The molecule has 0 bridgehead atoms. The molecule has 0 fully saturated rings. The number of nitrogens with zero attached hydrogens (tertiary/aromatic N) is 1. The van der Waals surface area contributed by atoms with Crippen molar-refractivity contribution in [1.82, 2.24) is 4.90 Å². The molecule has 0 unspecified atom stereocenters. The number of fused-ring (bicyclic) bond motifs is 1. The molecular formula is C19H21N3O2S. The molecule has 3 rings (SSSR count). The number of nitrogens with two attached hydrogens (primary N) is 1. The Morgan fingerprint density at radius 2 is 1.84 bits per heavy atom. The predicted octanol–water partition coefficient (Wildman–Crippen LogP) is 2.26. The topological polar surface area (TPSA) is 75.4 Å². The SMILES string of the molecule is CSc1ccc(NC(=O)CN2Cc3ccccc3C[C@H]2C(N)=O)cc1. The van der Waals surface area contributed by atoms with E-state index in [0.717, 1.165) is 21.7 Å². The molecule has 0 aliphatic carbocycles. The first-order valence-corrected chi connectivity index (χ1v) is 9.33. The fraction of sp³-hybridized carbons (Fsp3) is 0.263. The molecule has 5 nitrogen and oxygen atoms in total. The predicted molar refractivity (Wildman–Crippen MR) is 100 cm³/mol. The molecule has 2 aromatic carbocycles. The zero-order chi connectivity index (χ0) is 17.8. The maximum absolute atomic E-state index is 12.4. The van der Waals surface area contributed by atoms with Crippen LogP contribution in [-0.2, 0) is 22.6 Å². The molecule has 1 aliphatic rings. The number of nitrogens with one attached hydrogen (secondary N) is 1. The lowest BCUT2D eigenvalue weighted by Crippen LogP contribution is -2.50. The highest BCUT2D eigenvalue weighted by atomic mass is 32.2. The van der Waals surface area contributed by atoms with Crippen molar-refractivity contribution in [2.45, 2.75) is 23.9 Å². The number of hydrogen-bond donors (Lipinski definition) is 2.